The van der Waals surface area contributed by atoms with E-state index in [2.05, 4.69) is 5.32 Å². The summed E-state index contributed by atoms with van der Waals surface area (Å²) in [5.74, 6) is -5.20. The van der Waals surface area contributed by atoms with Crippen molar-refractivity contribution >= 4 is 60.6 Å². The van der Waals surface area contributed by atoms with Crippen molar-refractivity contribution in [3.05, 3.63) is 58.4 Å². The molecule has 2 amide bonds. The second-order valence-electron chi connectivity index (χ2n) is 12.8. The number of nitrogens with two attached hydrogens (primary N) is 1. The summed E-state index contributed by atoms with van der Waals surface area (Å²) in [7, 11) is -10.4. The number of carbonyl (C=O) groups is 4. The molecule has 0 spiro atoms. The van der Waals surface area contributed by atoms with Gasteiger partial charge in [-0.2, -0.15) is 16.8 Å². The van der Waals surface area contributed by atoms with Crippen molar-refractivity contribution in [2.75, 3.05) is 5.32 Å². The maximum atomic E-state index is 13.2. The summed E-state index contributed by atoms with van der Waals surface area (Å²) in [5.41, 5.74) is -1.97. The zero-order valence-electron chi connectivity index (χ0n) is 26.6. The third kappa shape index (κ3) is 5.89. The first kappa shape index (κ1) is 34.7. The molecule has 1 unspecified atom stereocenters. The minimum atomic E-state index is -5.18. The highest BCUT2D eigenvalue weighted by atomic mass is 32.2. The van der Waals surface area contributed by atoms with Gasteiger partial charge in [-0.15, -0.1) is 5.06 Å². The number of nitrogens with zero attached hydrogens (tertiary/aromatic N) is 1. The zero-order chi connectivity index (χ0) is 36.7. The fourth-order valence-corrected chi connectivity index (χ4v) is 8.38. The highest BCUT2D eigenvalue weighted by Crippen LogP contribution is 2.50. The Bertz CT molecular complexity index is 2430. The van der Waals surface area contributed by atoms with E-state index in [0.29, 0.717) is 17.0 Å². The lowest BCUT2D eigenvalue weighted by molar-refractivity contribution is -0.197. The van der Waals surface area contributed by atoms with Crippen molar-refractivity contribution < 1.29 is 64.9 Å². The Morgan fingerprint density at radius 2 is 1.66 bits per heavy atom. The van der Waals surface area contributed by atoms with Gasteiger partial charge in [0.15, 0.2) is 16.2 Å². The number of amides is 2. The molecule has 1 fully saturated rings. The number of anilines is 1. The molecule has 0 aromatic heterocycles. The fourth-order valence-electron chi connectivity index (χ4n) is 6.81. The van der Waals surface area contributed by atoms with E-state index >= 15 is 0 Å². The normalized spacial score (nSPS) is 17.5. The average Bonchev–Trinajstić information content (AvgIpc) is 3.29. The molecule has 0 radical (unpaired) electrons. The Kier molecular flexibility index (Phi) is 8.13. The summed E-state index contributed by atoms with van der Waals surface area (Å²) in [5, 5.41) is 19.4. The third-order valence-corrected chi connectivity index (χ3v) is 10.5. The molecule has 6 rings (SSSR count). The quantitative estimate of drug-likeness (QED) is 0.103. The molecule has 1 aliphatic carbocycles. The van der Waals surface area contributed by atoms with E-state index in [1.54, 1.807) is 13.8 Å². The molecular formula is C32H30N3O13S2+. The first-order valence-electron chi connectivity index (χ1n) is 15.0. The van der Waals surface area contributed by atoms with Gasteiger partial charge in [0.05, 0.1) is 17.7 Å². The van der Waals surface area contributed by atoms with Crippen LogP contribution in [-0.2, 0) is 45.9 Å². The van der Waals surface area contributed by atoms with Gasteiger partial charge in [-0.1, -0.05) is 25.1 Å². The van der Waals surface area contributed by atoms with Crippen LogP contribution in [0.1, 0.15) is 67.4 Å². The van der Waals surface area contributed by atoms with Gasteiger partial charge in [0.25, 0.3) is 21.9 Å². The first-order valence-corrected chi connectivity index (χ1v) is 17.9. The van der Waals surface area contributed by atoms with E-state index in [-0.39, 0.29) is 52.1 Å². The van der Waals surface area contributed by atoms with Crippen LogP contribution in [-0.4, -0.2) is 65.4 Å². The number of carboxylic acids is 1. The minimum Gasteiger partial charge on any atom is -0.478 e. The molecule has 2 aromatic carbocycles. The van der Waals surface area contributed by atoms with Gasteiger partial charge < -0.3 is 19.7 Å². The van der Waals surface area contributed by atoms with Crippen molar-refractivity contribution in [3.63, 3.8) is 0 Å². The molecule has 0 saturated carbocycles. The van der Waals surface area contributed by atoms with Gasteiger partial charge in [0, 0.05) is 41.0 Å². The van der Waals surface area contributed by atoms with Crippen LogP contribution in [0.15, 0.2) is 50.6 Å². The Morgan fingerprint density at radius 3 is 2.26 bits per heavy atom. The lowest BCUT2D eigenvalue weighted by Gasteiger charge is -2.38. The van der Waals surface area contributed by atoms with Crippen molar-refractivity contribution in [1.29, 1.82) is 0 Å². The molecule has 0 bridgehead atoms. The molecule has 1 saturated heterocycles. The van der Waals surface area contributed by atoms with Crippen LogP contribution >= 0.6 is 0 Å². The maximum Gasteiger partial charge on any atom is 0.337 e. The van der Waals surface area contributed by atoms with Crippen molar-refractivity contribution in [2.45, 2.75) is 67.7 Å². The molecule has 16 nitrogen and oxygen atoms in total. The number of carboxylic acid groups (broad SMARTS) is 1. The maximum absolute atomic E-state index is 13.2. The van der Waals surface area contributed by atoms with Gasteiger partial charge in [-0.3, -0.25) is 24.1 Å². The Labute approximate surface area is 284 Å². The van der Waals surface area contributed by atoms with Crippen LogP contribution in [0.2, 0.25) is 0 Å². The van der Waals surface area contributed by atoms with Gasteiger partial charge in [-0.05, 0) is 55.0 Å². The number of imide groups is 1. The predicted molar refractivity (Wildman–Crippen MR) is 172 cm³/mol. The smallest absolute Gasteiger partial charge is 0.337 e. The highest BCUT2D eigenvalue weighted by Gasteiger charge is 2.39. The van der Waals surface area contributed by atoms with E-state index in [4.69, 9.17) is 14.7 Å². The number of hydrogen-bond acceptors (Lipinski definition) is 11. The number of hydroxylamine groups is 2. The number of rotatable bonds is 7. The molecule has 1 atom stereocenters. The molecule has 50 heavy (non-hydrogen) atoms. The average molecular weight is 729 g/mol. The Hall–Kier alpha value is -5.17. The zero-order valence-corrected chi connectivity index (χ0v) is 28.3. The number of carbonyl (C=O) groups excluding carboxylic acids is 3. The highest BCUT2D eigenvalue weighted by molar-refractivity contribution is 7.86. The van der Waals surface area contributed by atoms with Crippen LogP contribution in [0.4, 0.5) is 5.69 Å². The topological polar surface area (TPSA) is 260 Å². The fraction of sp³-hybridized carbons (Fsp3) is 0.281. The lowest BCUT2D eigenvalue weighted by atomic mass is 9.80. The van der Waals surface area contributed by atoms with E-state index in [0.717, 1.165) is 6.07 Å². The standard InChI is InChI=1S/C32H29N3O13S2/c1-14-13-32(2,3)34-26-18(14)12-19-25(17-7-8-20(33)29(49(41,42)43)27(17)47-28(19)30(26)50(44,45)46)16-6-4-5-15(24(16)31(39)40)11-23(38)48-35-21(36)9-10-22(35)37/h4-8,12,14,33-34H,9-11,13H2,1-3H3,(H,39,40)(H,41,42,43)(H,44,45,46)/p+1. The molecule has 262 valence electrons. The summed E-state index contributed by atoms with van der Waals surface area (Å²) in [6.07, 6.45) is -0.583. The molecule has 18 heteroatoms. The SMILES string of the molecule is CC1CC(C)(C)Nc2c1cc1c(-c3cccc(CC(=O)ON4C(=O)CCC4=O)c3C(=O)O)c3ccc(=[NH2+])c(S(=O)(=O)O)c-3oc1c2S(=O)(=O)O. The van der Waals surface area contributed by atoms with Gasteiger partial charge in [0.2, 0.25) is 10.3 Å². The summed E-state index contributed by atoms with van der Waals surface area (Å²) in [6, 6.07) is 7.91. The Balaban J connectivity index is 1.73. The van der Waals surface area contributed by atoms with Crippen molar-refractivity contribution in [2.24, 2.45) is 0 Å². The summed E-state index contributed by atoms with van der Waals surface area (Å²) in [6.45, 7) is 5.42. The van der Waals surface area contributed by atoms with Crippen LogP contribution < -0.4 is 16.1 Å². The largest absolute Gasteiger partial charge is 0.478 e. The molecule has 2 aromatic rings. The summed E-state index contributed by atoms with van der Waals surface area (Å²) >= 11 is 0. The molecule has 6 N–H and O–H groups in total. The number of nitrogens with one attached hydrogen (secondary N) is 1. The second kappa shape index (κ2) is 11.7. The van der Waals surface area contributed by atoms with E-state index in [9.17, 15) is 50.2 Å². The van der Waals surface area contributed by atoms with E-state index in [1.807, 2.05) is 6.92 Å². The van der Waals surface area contributed by atoms with Crippen LogP contribution in [0.3, 0.4) is 0 Å². The number of hydrogen-bond donors (Lipinski definition) is 5. The first-order chi connectivity index (χ1) is 23.2. The molecular weight excluding hydrogens is 698 g/mol. The second-order valence-corrected chi connectivity index (χ2v) is 15.5. The van der Waals surface area contributed by atoms with Gasteiger partial charge in [-0.25, -0.2) is 9.59 Å². The number of aromatic carboxylic acids is 1. The number of benzene rings is 3. The van der Waals surface area contributed by atoms with E-state index < -0.39 is 88.0 Å². The van der Waals surface area contributed by atoms with Crippen molar-refractivity contribution in [1.82, 2.24) is 5.06 Å². The summed E-state index contributed by atoms with van der Waals surface area (Å²) in [4.78, 5) is 53.1. The van der Waals surface area contributed by atoms with Crippen LogP contribution in [0.25, 0.3) is 33.4 Å². The molecule has 4 aliphatic rings. The Morgan fingerprint density at radius 1 is 1.02 bits per heavy atom. The van der Waals surface area contributed by atoms with Gasteiger partial charge >= 0.3 is 22.1 Å². The monoisotopic (exact) mass is 728 g/mol. The minimum absolute atomic E-state index is 0.0314. The molecule has 3 aliphatic heterocycles. The van der Waals surface area contributed by atoms with Gasteiger partial charge in [0.1, 0.15) is 0 Å². The van der Waals surface area contributed by atoms with E-state index in [1.165, 1.54) is 30.3 Å². The molecule has 3 heterocycles. The predicted octanol–water partition coefficient (Wildman–Crippen LogP) is 1.90. The number of fused-ring (bicyclic) bond motifs is 3. The third-order valence-electron chi connectivity index (χ3n) is 8.65. The van der Waals surface area contributed by atoms with Crippen LogP contribution in [0, 0.1) is 0 Å². The van der Waals surface area contributed by atoms with Crippen molar-refractivity contribution in [3.8, 4) is 22.5 Å². The lowest BCUT2D eigenvalue weighted by Crippen LogP contribution is -2.47. The van der Waals surface area contributed by atoms with Crippen LogP contribution in [0.5, 0.6) is 0 Å². The summed E-state index contributed by atoms with van der Waals surface area (Å²) < 4.78 is 78.5.